The Bertz CT molecular complexity index is 1200. The average molecular weight is 495 g/mol. The predicted molar refractivity (Wildman–Crippen MR) is 131 cm³/mol. The van der Waals surface area contributed by atoms with E-state index in [0.29, 0.717) is 36.3 Å². The first-order valence-corrected chi connectivity index (χ1v) is 11.7. The molecule has 3 N–H and O–H groups in total. The molecule has 2 aliphatic rings. The van der Waals surface area contributed by atoms with Gasteiger partial charge in [-0.2, -0.15) is 10.4 Å². The molecular formula is C24H30BN5O6. The number of benzene rings is 1. The van der Waals surface area contributed by atoms with Gasteiger partial charge in [-0.25, -0.2) is 4.79 Å². The van der Waals surface area contributed by atoms with Crippen LogP contribution in [0.3, 0.4) is 0 Å². The van der Waals surface area contributed by atoms with Gasteiger partial charge in [-0.3, -0.25) is 9.48 Å². The fraction of sp³-hybridized carbons (Fsp3) is 0.500. The number of hydrogen-bond donors (Lipinski definition) is 2. The molecule has 12 heteroatoms. The highest BCUT2D eigenvalue weighted by molar-refractivity contribution is 6.63. The van der Waals surface area contributed by atoms with Gasteiger partial charge in [0.15, 0.2) is 5.82 Å². The summed E-state index contributed by atoms with van der Waals surface area (Å²) in [7, 11) is 0.479. The molecule has 0 radical (unpaired) electrons. The first kappa shape index (κ1) is 25.7. The van der Waals surface area contributed by atoms with Crippen LogP contribution in [0, 0.1) is 17.2 Å². The number of rotatable bonds is 6. The number of anilines is 2. The summed E-state index contributed by atoms with van der Waals surface area (Å²) in [4.78, 5) is 24.7. The molecule has 0 bridgehead atoms. The number of esters is 1. The molecule has 2 aromatic rings. The third kappa shape index (κ3) is 4.69. The van der Waals surface area contributed by atoms with Crippen LogP contribution in [0.5, 0.6) is 0 Å². The Morgan fingerprint density at radius 3 is 2.56 bits per heavy atom. The summed E-state index contributed by atoms with van der Waals surface area (Å²) in [5.74, 6) is -1.29. The topological polar surface area (TPSA) is 151 Å². The summed E-state index contributed by atoms with van der Waals surface area (Å²) in [5, 5.41) is 17.2. The monoisotopic (exact) mass is 495 g/mol. The number of nitriles is 1. The third-order valence-electron chi connectivity index (χ3n) is 7.06. The van der Waals surface area contributed by atoms with Crippen LogP contribution in [-0.2, 0) is 18.8 Å². The molecule has 2 aliphatic heterocycles. The lowest BCUT2D eigenvalue weighted by molar-refractivity contribution is 0.00578. The minimum atomic E-state index is -0.824. The van der Waals surface area contributed by atoms with Crippen LogP contribution >= 0.6 is 0 Å². The van der Waals surface area contributed by atoms with Gasteiger partial charge in [0.25, 0.3) is 5.91 Å². The van der Waals surface area contributed by atoms with Crippen LogP contribution in [0.2, 0.25) is 0 Å². The number of aromatic nitrogens is 2. The standard InChI is InChI=1S/C24H30BN5O6/c1-23(2)24(3,4)36-25(35-23)18-10-15(6-7-16(18)22(32)33-5)28-21-17(20(27)31)12-30(29-21)19-13-34-9-8-14(19)11-26/h6-7,10,12,14,19H,8-9,13H2,1-5H3,(H2,27,31)(H,28,29)/t14-,19?/m1/s1. The number of hydrogen-bond acceptors (Lipinski definition) is 9. The van der Waals surface area contributed by atoms with Crippen molar-refractivity contribution in [2.75, 3.05) is 25.6 Å². The van der Waals surface area contributed by atoms with E-state index < -0.39 is 30.2 Å². The first-order chi connectivity index (χ1) is 17.0. The Labute approximate surface area is 210 Å². The smallest absolute Gasteiger partial charge is 0.465 e. The van der Waals surface area contributed by atoms with Crippen LogP contribution in [0.1, 0.15) is 60.9 Å². The van der Waals surface area contributed by atoms with E-state index in [2.05, 4.69) is 16.5 Å². The maximum atomic E-state index is 12.5. The van der Waals surface area contributed by atoms with E-state index in [-0.39, 0.29) is 23.3 Å². The number of nitrogens with two attached hydrogens (primary N) is 1. The highest BCUT2D eigenvalue weighted by Gasteiger charge is 2.52. The molecule has 4 rings (SSSR count). The summed E-state index contributed by atoms with van der Waals surface area (Å²) in [6, 6.07) is 6.88. The van der Waals surface area contributed by atoms with E-state index in [9.17, 15) is 14.9 Å². The maximum absolute atomic E-state index is 12.5. The second-order valence-electron chi connectivity index (χ2n) is 9.91. The number of primary amides is 1. The SMILES string of the molecule is COC(=O)c1ccc(Nc2nn(C3COCC[C@@H]3C#N)cc2C(N)=O)cc1B1OC(C)(C)C(C)(C)O1. The Morgan fingerprint density at radius 1 is 1.25 bits per heavy atom. The molecule has 1 amide bonds. The van der Waals surface area contributed by atoms with Crippen molar-refractivity contribution in [3.63, 3.8) is 0 Å². The largest absolute Gasteiger partial charge is 0.495 e. The zero-order valence-corrected chi connectivity index (χ0v) is 21.0. The van der Waals surface area contributed by atoms with Gasteiger partial charge < -0.3 is 29.8 Å². The van der Waals surface area contributed by atoms with Crippen LogP contribution in [0.4, 0.5) is 11.5 Å². The number of ether oxygens (including phenoxy) is 2. The molecule has 1 aromatic carbocycles. The normalized spacial score (nSPS) is 22.6. The fourth-order valence-corrected chi connectivity index (χ4v) is 4.21. The molecule has 3 heterocycles. The predicted octanol–water partition coefficient (Wildman–Crippen LogP) is 1.91. The van der Waals surface area contributed by atoms with Gasteiger partial charge in [0.05, 0.1) is 48.5 Å². The lowest BCUT2D eigenvalue weighted by atomic mass is 9.75. The van der Waals surface area contributed by atoms with Gasteiger partial charge in [0.1, 0.15) is 5.56 Å². The van der Waals surface area contributed by atoms with Crippen molar-refractivity contribution >= 4 is 36.0 Å². The number of nitrogens with zero attached hydrogens (tertiary/aromatic N) is 3. The summed E-state index contributed by atoms with van der Waals surface area (Å²) in [6.07, 6.45) is 2.09. The number of carbonyl (C=O) groups excluding carboxylic acids is 2. The van der Waals surface area contributed by atoms with Crippen molar-refractivity contribution in [3.8, 4) is 6.07 Å². The molecule has 2 atom stereocenters. The number of carbonyl (C=O) groups is 2. The summed E-state index contributed by atoms with van der Waals surface area (Å²) >= 11 is 0. The lowest BCUT2D eigenvalue weighted by Gasteiger charge is -2.32. The molecule has 1 unspecified atom stereocenters. The van der Waals surface area contributed by atoms with Gasteiger partial charge >= 0.3 is 13.1 Å². The van der Waals surface area contributed by atoms with E-state index in [1.165, 1.54) is 13.3 Å². The van der Waals surface area contributed by atoms with E-state index in [1.807, 2.05) is 27.7 Å². The lowest BCUT2D eigenvalue weighted by Crippen LogP contribution is -2.41. The van der Waals surface area contributed by atoms with Crippen LogP contribution in [0.15, 0.2) is 24.4 Å². The van der Waals surface area contributed by atoms with Gasteiger partial charge in [-0.05, 0) is 57.8 Å². The minimum Gasteiger partial charge on any atom is -0.465 e. The van der Waals surface area contributed by atoms with Crippen molar-refractivity contribution in [2.24, 2.45) is 11.7 Å². The Balaban J connectivity index is 1.70. The first-order valence-electron chi connectivity index (χ1n) is 11.7. The minimum absolute atomic E-state index is 0.159. The van der Waals surface area contributed by atoms with Crippen LogP contribution in [-0.4, -0.2) is 60.3 Å². The zero-order chi connectivity index (χ0) is 26.3. The van der Waals surface area contributed by atoms with Crippen molar-refractivity contribution in [2.45, 2.75) is 51.4 Å². The fourth-order valence-electron chi connectivity index (χ4n) is 4.21. The van der Waals surface area contributed by atoms with E-state index in [4.69, 9.17) is 24.5 Å². The number of methoxy groups -OCH3 is 1. The third-order valence-corrected chi connectivity index (χ3v) is 7.06. The summed E-state index contributed by atoms with van der Waals surface area (Å²) in [5.41, 5.74) is 5.82. The van der Waals surface area contributed by atoms with Crippen LogP contribution < -0.4 is 16.5 Å². The average Bonchev–Trinajstić information content (AvgIpc) is 3.35. The Kier molecular flexibility index (Phi) is 6.83. The van der Waals surface area contributed by atoms with Gasteiger partial charge in [-0.1, -0.05) is 0 Å². The van der Waals surface area contributed by atoms with E-state index in [1.54, 1.807) is 22.9 Å². The molecule has 1 aromatic heterocycles. The summed E-state index contributed by atoms with van der Waals surface area (Å²) in [6.45, 7) is 8.48. The van der Waals surface area contributed by atoms with Crippen LogP contribution in [0.25, 0.3) is 0 Å². The molecular weight excluding hydrogens is 465 g/mol. The van der Waals surface area contributed by atoms with E-state index >= 15 is 0 Å². The molecule has 36 heavy (non-hydrogen) atoms. The van der Waals surface area contributed by atoms with Crippen molar-refractivity contribution in [3.05, 3.63) is 35.5 Å². The molecule has 0 saturated carbocycles. The van der Waals surface area contributed by atoms with Crippen molar-refractivity contribution in [1.29, 1.82) is 5.26 Å². The highest BCUT2D eigenvalue weighted by atomic mass is 16.7. The van der Waals surface area contributed by atoms with Gasteiger partial charge in [-0.15, -0.1) is 0 Å². The van der Waals surface area contributed by atoms with Crippen molar-refractivity contribution < 1.29 is 28.4 Å². The van der Waals surface area contributed by atoms with Crippen molar-refractivity contribution in [1.82, 2.24) is 9.78 Å². The molecule has 2 saturated heterocycles. The maximum Gasteiger partial charge on any atom is 0.495 e. The van der Waals surface area contributed by atoms with Gasteiger partial charge in [0.2, 0.25) is 0 Å². The second-order valence-corrected chi connectivity index (χ2v) is 9.91. The molecule has 11 nitrogen and oxygen atoms in total. The Morgan fingerprint density at radius 2 is 1.94 bits per heavy atom. The quantitative estimate of drug-likeness (QED) is 0.452. The van der Waals surface area contributed by atoms with E-state index in [0.717, 1.165) is 0 Å². The second kappa shape index (κ2) is 9.57. The molecule has 2 fully saturated rings. The highest BCUT2D eigenvalue weighted by Crippen LogP contribution is 2.37. The Hall–Kier alpha value is -3.40. The number of nitrogens with one attached hydrogen (secondary N) is 1. The van der Waals surface area contributed by atoms with Gasteiger partial charge in [0, 0.05) is 18.5 Å². The summed E-state index contributed by atoms with van der Waals surface area (Å²) < 4.78 is 24.4. The zero-order valence-electron chi connectivity index (χ0n) is 21.0. The number of amides is 1. The molecule has 190 valence electrons. The molecule has 0 spiro atoms. The molecule has 0 aliphatic carbocycles.